The summed E-state index contributed by atoms with van der Waals surface area (Å²) in [7, 11) is -3.64. The molecule has 0 bridgehead atoms. The average Bonchev–Trinajstić information content (AvgIpc) is 3.36. The molecule has 1 amide bonds. The molecule has 0 radical (unpaired) electrons. The second-order valence-electron chi connectivity index (χ2n) is 9.10. The highest BCUT2D eigenvalue weighted by Crippen LogP contribution is 2.34. The third kappa shape index (κ3) is 6.54. The second kappa shape index (κ2) is 12.7. The van der Waals surface area contributed by atoms with Crippen LogP contribution in [0, 0.1) is 13.8 Å². The van der Waals surface area contributed by atoms with Gasteiger partial charge in [0.05, 0.1) is 52.4 Å². The number of nitrogens with zero attached hydrogens (tertiary/aromatic N) is 3. The maximum atomic E-state index is 14.2. The number of carboxylic acids is 1. The van der Waals surface area contributed by atoms with Gasteiger partial charge in [-0.1, -0.05) is 0 Å². The first-order valence-corrected chi connectivity index (χ1v) is 15.2. The van der Waals surface area contributed by atoms with Crippen LogP contribution in [0.4, 0.5) is 0 Å². The number of methoxy groups -OCH3 is 2. The minimum absolute atomic E-state index is 0.109. The lowest BCUT2D eigenvalue weighted by Crippen LogP contribution is -2.21. The quantitative estimate of drug-likeness (QED) is 0.217. The van der Waals surface area contributed by atoms with Gasteiger partial charge in [-0.2, -0.15) is 0 Å². The van der Waals surface area contributed by atoms with Crippen molar-refractivity contribution in [2.24, 2.45) is 5.73 Å². The van der Waals surface area contributed by atoms with Crippen molar-refractivity contribution < 1.29 is 46.3 Å². The van der Waals surface area contributed by atoms with Crippen molar-refractivity contribution in [3.05, 3.63) is 59.4 Å². The lowest BCUT2D eigenvalue weighted by molar-refractivity contribution is -0.139. The van der Waals surface area contributed by atoms with E-state index < -0.39 is 45.9 Å². The zero-order chi connectivity index (χ0) is 31.5. The van der Waals surface area contributed by atoms with Crippen LogP contribution in [0.3, 0.4) is 0 Å². The van der Waals surface area contributed by atoms with Crippen LogP contribution in [-0.2, 0) is 36.2 Å². The molecule has 4 aromatic rings. The van der Waals surface area contributed by atoms with Gasteiger partial charge in [0, 0.05) is 29.5 Å². The van der Waals surface area contributed by atoms with E-state index in [1.54, 1.807) is 13.1 Å². The van der Waals surface area contributed by atoms with Gasteiger partial charge in [-0.15, -0.1) is 0 Å². The van der Waals surface area contributed by atoms with Gasteiger partial charge in [-0.05, 0) is 38.1 Å². The highest BCUT2D eigenvalue weighted by atomic mass is 32.2. The van der Waals surface area contributed by atoms with Crippen molar-refractivity contribution in [2.75, 3.05) is 27.4 Å². The molecule has 4 rings (SSSR count). The van der Waals surface area contributed by atoms with Crippen molar-refractivity contribution in [1.29, 1.82) is 0 Å². The van der Waals surface area contributed by atoms with Gasteiger partial charge in [-0.3, -0.25) is 14.0 Å². The number of aryl methyl sites for hydroxylation is 1. The van der Waals surface area contributed by atoms with E-state index in [0.29, 0.717) is 22.8 Å². The summed E-state index contributed by atoms with van der Waals surface area (Å²) in [5.74, 6) is -1.75. The number of aromatic nitrogens is 3. The van der Waals surface area contributed by atoms with Crippen LogP contribution in [0.2, 0.25) is 0 Å². The zero-order valence-corrected chi connectivity index (χ0v) is 25.2. The molecular formula is C27H28N4O10S2. The SMILES string of the molecule is COc1ccc2c(c1)nc(S(=O)Cc1ncc(C)c(OC)c1C)n2S(=O)(=O)c1ccc(OCC(N)=O)c(OCC(=O)O)c1. The third-order valence-corrected chi connectivity index (χ3v) is 9.22. The van der Waals surface area contributed by atoms with Crippen molar-refractivity contribution in [1.82, 2.24) is 13.9 Å². The molecule has 2 heterocycles. The Kier molecular flexibility index (Phi) is 9.20. The molecule has 0 saturated carbocycles. The molecule has 43 heavy (non-hydrogen) atoms. The van der Waals surface area contributed by atoms with E-state index >= 15 is 0 Å². The van der Waals surface area contributed by atoms with Crippen molar-refractivity contribution in [2.45, 2.75) is 29.7 Å². The summed E-state index contributed by atoms with van der Waals surface area (Å²) in [6.07, 6.45) is 1.57. The van der Waals surface area contributed by atoms with E-state index in [1.165, 1.54) is 38.5 Å². The molecule has 1 atom stereocenters. The molecule has 16 heteroatoms. The van der Waals surface area contributed by atoms with Gasteiger partial charge in [0.25, 0.3) is 15.9 Å². The molecule has 2 aromatic carbocycles. The number of fused-ring (bicyclic) bond motifs is 1. The number of nitrogens with two attached hydrogens (primary N) is 1. The Morgan fingerprint density at radius 3 is 2.40 bits per heavy atom. The predicted octanol–water partition coefficient (Wildman–Crippen LogP) is 1.94. The Bertz CT molecular complexity index is 1850. The Labute approximate surface area is 248 Å². The van der Waals surface area contributed by atoms with E-state index in [1.807, 2.05) is 6.92 Å². The summed E-state index contributed by atoms with van der Waals surface area (Å²) in [5.41, 5.74) is 7.28. The average molecular weight is 633 g/mol. The van der Waals surface area contributed by atoms with E-state index in [4.69, 9.17) is 29.8 Å². The van der Waals surface area contributed by atoms with Gasteiger partial charge in [0.2, 0.25) is 5.16 Å². The fraction of sp³-hybridized carbons (Fsp3) is 0.259. The Hall–Kier alpha value is -4.70. The van der Waals surface area contributed by atoms with Crippen LogP contribution in [0.15, 0.2) is 52.6 Å². The molecule has 228 valence electrons. The summed E-state index contributed by atoms with van der Waals surface area (Å²) in [6, 6.07) is 7.89. The Morgan fingerprint density at radius 2 is 1.74 bits per heavy atom. The number of primary amides is 1. The predicted molar refractivity (Wildman–Crippen MR) is 154 cm³/mol. The summed E-state index contributed by atoms with van der Waals surface area (Å²) in [5, 5.41) is 8.80. The van der Waals surface area contributed by atoms with Crippen LogP contribution < -0.4 is 24.7 Å². The van der Waals surface area contributed by atoms with Crippen molar-refractivity contribution >= 4 is 43.7 Å². The number of rotatable bonds is 13. The normalized spacial score (nSPS) is 12.1. The number of pyridine rings is 1. The lowest BCUT2D eigenvalue weighted by atomic mass is 10.1. The highest BCUT2D eigenvalue weighted by Gasteiger charge is 2.29. The fourth-order valence-electron chi connectivity index (χ4n) is 4.20. The molecule has 3 N–H and O–H groups in total. The van der Waals surface area contributed by atoms with Gasteiger partial charge in [-0.25, -0.2) is 22.2 Å². The first kappa shape index (κ1) is 31.2. The van der Waals surface area contributed by atoms with Gasteiger partial charge >= 0.3 is 5.97 Å². The van der Waals surface area contributed by atoms with E-state index in [9.17, 15) is 22.2 Å². The Morgan fingerprint density at radius 1 is 1.02 bits per heavy atom. The molecule has 0 aliphatic carbocycles. The number of hydrogen-bond acceptors (Lipinski definition) is 11. The lowest BCUT2D eigenvalue weighted by Gasteiger charge is -2.15. The summed E-state index contributed by atoms with van der Waals surface area (Å²) in [4.78, 5) is 30.8. The second-order valence-corrected chi connectivity index (χ2v) is 12.2. The number of carboxylic acid groups (broad SMARTS) is 1. The van der Waals surface area contributed by atoms with Crippen molar-refractivity contribution in [3.63, 3.8) is 0 Å². The van der Waals surface area contributed by atoms with E-state index in [0.717, 1.165) is 21.7 Å². The van der Waals surface area contributed by atoms with Crippen LogP contribution >= 0.6 is 0 Å². The molecule has 14 nitrogen and oxygen atoms in total. The maximum absolute atomic E-state index is 14.2. The number of imidazole rings is 1. The van der Waals surface area contributed by atoms with Crippen LogP contribution in [0.1, 0.15) is 16.8 Å². The minimum atomic E-state index is -4.55. The number of ether oxygens (including phenoxy) is 4. The van der Waals surface area contributed by atoms with Crippen molar-refractivity contribution in [3.8, 4) is 23.0 Å². The standard InChI is InChI=1S/C27H28N4O10S2/c1-15-11-29-20(16(2)26(15)39-4)14-42(35)27-30-19-9-17(38-3)5-7-21(19)31(27)43(36,37)18-6-8-22(40-12-24(28)32)23(10-18)41-13-25(33)34/h5-11H,12-14H2,1-4H3,(H2,28,32)(H,33,34). The molecule has 0 aliphatic heterocycles. The molecule has 0 aliphatic rings. The maximum Gasteiger partial charge on any atom is 0.341 e. The first-order chi connectivity index (χ1) is 20.4. The minimum Gasteiger partial charge on any atom is -0.497 e. The molecule has 0 spiro atoms. The number of carbonyl (C=O) groups excluding carboxylic acids is 1. The van der Waals surface area contributed by atoms with Crippen LogP contribution in [0.25, 0.3) is 11.0 Å². The summed E-state index contributed by atoms with van der Waals surface area (Å²) in [6.45, 7) is 2.18. The fourth-order valence-corrected chi connectivity index (χ4v) is 7.26. The topological polar surface area (TPSA) is 199 Å². The van der Waals surface area contributed by atoms with Crippen LogP contribution in [0.5, 0.6) is 23.0 Å². The molecule has 0 fully saturated rings. The summed E-state index contributed by atoms with van der Waals surface area (Å²) >= 11 is 0. The number of aliphatic carboxylic acids is 1. The number of carbonyl (C=O) groups is 2. The largest absolute Gasteiger partial charge is 0.497 e. The smallest absolute Gasteiger partial charge is 0.341 e. The number of amides is 1. The Balaban J connectivity index is 1.86. The highest BCUT2D eigenvalue weighted by molar-refractivity contribution is 7.91. The van der Waals surface area contributed by atoms with E-state index in [2.05, 4.69) is 9.97 Å². The van der Waals surface area contributed by atoms with Gasteiger partial charge in [0.1, 0.15) is 11.5 Å². The third-order valence-electron chi connectivity index (χ3n) is 6.19. The van der Waals surface area contributed by atoms with Gasteiger partial charge < -0.3 is 29.8 Å². The van der Waals surface area contributed by atoms with Gasteiger partial charge in [0.15, 0.2) is 24.7 Å². The number of hydrogen-bond donors (Lipinski definition) is 2. The monoisotopic (exact) mass is 632 g/mol. The van der Waals surface area contributed by atoms with Crippen LogP contribution in [-0.4, -0.2) is 71.0 Å². The molecule has 2 aromatic heterocycles. The molecular weight excluding hydrogens is 604 g/mol. The first-order valence-electron chi connectivity index (χ1n) is 12.5. The molecule has 1 unspecified atom stereocenters. The summed E-state index contributed by atoms with van der Waals surface area (Å²) < 4.78 is 64.2. The zero-order valence-electron chi connectivity index (χ0n) is 23.5. The number of benzene rings is 2. The molecule has 0 saturated heterocycles. The van der Waals surface area contributed by atoms with E-state index in [-0.39, 0.29) is 38.3 Å².